The number of nitro groups is 1. The maximum absolute atomic E-state index is 13.3. The smallest absolute Gasteiger partial charge is 0.271 e. The van der Waals surface area contributed by atoms with Crippen LogP contribution >= 0.6 is 22.6 Å². The highest BCUT2D eigenvalue weighted by molar-refractivity contribution is 14.1. The van der Waals surface area contributed by atoms with E-state index in [9.17, 15) is 23.3 Å². The zero-order valence-corrected chi connectivity index (χ0v) is 24.9. The van der Waals surface area contributed by atoms with Crippen molar-refractivity contribution in [3.8, 4) is 0 Å². The molecule has 12 heteroatoms. The Morgan fingerprint density at radius 3 is 2.42 bits per heavy atom. The van der Waals surface area contributed by atoms with Gasteiger partial charge in [-0.3, -0.25) is 19.8 Å². The second-order valence-corrected chi connectivity index (χ2v) is 18.1. The molecule has 1 N–H and O–H groups in total. The van der Waals surface area contributed by atoms with Gasteiger partial charge in [0.05, 0.1) is 15.5 Å². The molecule has 2 aromatic rings. The van der Waals surface area contributed by atoms with Crippen molar-refractivity contribution < 1.29 is 22.9 Å². The van der Waals surface area contributed by atoms with Crippen molar-refractivity contribution in [3.63, 3.8) is 0 Å². The summed E-state index contributed by atoms with van der Waals surface area (Å²) < 4.78 is 34.0. The first-order valence-electron chi connectivity index (χ1n) is 11.3. The number of ether oxygens (including phenoxy) is 1. The molecule has 0 saturated carbocycles. The number of nitro benzene ring substituents is 1. The molecule has 36 heavy (non-hydrogen) atoms. The van der Waals surface area contributed by atoms with Crippen LogP contribution in [0.5, 0.6) is 0 Å². The van der Waals surface area contributed by atoms with Crippen molar-refractivity contribution >= 4 is 58.0 Å². The van der Waals surface area contributed by atoms with Gasteiger partial charge in [-0.2, -0.15) is 0 Å². The second kappa shape index (κ2) is 12.9. The summed E-state index contributed by atoms with van der Waals surface area (Å²) in [4.78, 5) is 25.6. The van der Waals surface area contributed by atoms with Gasteiger partial charge in [0.25, 0.3) is 11.6 Å². The Labute approximate surface area is 227 Å². The molecule has 0 spiro atoms. The lowest BCUT2D eigenvalue weighted by atomic mass is 10.1. The Morgan fingerprint density at radius 2 is 1.83 bits per heavy atom. The maximum atomic E-state index is 13.3. The number of non-ortho nitro benzene ring substituents is 1. The van der Waals surface area contributed by atoms with Crippen molar-refractivity contribution in [1.29, 1.82) is 0 Å². The van der Waals surface area contributed by atoms with Gasteiger partial charge in [-0.25, -0.2) is 13.1 Å². The predicted molar refractivity (Wildman–Crippen MR) is 152 cm³/mol. The highest BCUT2D eigenvalue weighted by Crippen LogP contribution is 2.29. The van der Waals surface area contributed by atoms with E-state index in [4.69, 9.17) is 4.74 Å². The second-order valence-electron chi connectivity index (χ2n) is 9.54. The minimum Gasteiger partial charge on any atom is -0.361 e. The van der Waals surface area contributed by atoms with Crippen LogP contribution in [0.4, 0.5) is 11.4 Å². The molecule has 2 aromatic carbocycles. The van der Waals surface area contributed by atoms with E-state index in [2.05, 4.69) is 30.9 Å². The number of sulfonamides is 1. The number of hydrogen-bond acceptors (Lipinski definition) is 6. The number of nitrogens with one attached hydrogen (secondary N) is 1. The van der Waals surface area contributed by atoms with E-state index in [0.29, 0.717) is 15.9 Å². The van der Waals surface area contributed by atoms with Gasteiger partial charge in [-0.15, -0.1) is 0 Å². The molecule has 0 radical (unpaired) electrons. The summed E-state index contributed by atoms with van der Waals surface area (Å²) in [6.45, 7) is 12.7. The molecule has 0 heterocycles. The Hall–Kier alpha value is -2.13. The maximum Gasteiger partial charge on any atom is 0.271 e. The molecule has 0 bridgehead atoms. The molecule has 0 atom stereocenters. The van der Waals surface area contributed by atoms with E-state index in [1.165, 1.54) is 29.2 Å². The zero-order chi connectivity index (χ0) is 27.1. The van der Waals surface area contributed by atoms with E-state index < -0.39 is 28.9 Å². The summed E-state index contributed by atoms with van der Waals surface area (Å²) in [5.74, 6) is -0.490. The Morgan fingerprint density at radius 1 is 1.19 bits per heavy atom. The fourth-order valence-electron chi connectivity index (χ4n) is 3.03. The minimum absolute atomic E-state index is 0.0306. The topological polar surface area (TPSA) is 119 Å². The van der Waals surface area contributed by atoms with E-state index in [-0.39, 0.29) is 35.9 Å². The van der Waals surface area contributed by atoms with Crippen LogP contribution in [0.2, 0.25) is 25.7 Å². The SMILES string of the molecule is C=C(CCNS(=O)(=O)c1ccc(C)cc1)C(=O)N(COCC[Si](C)(C)C)c1cc([N+](=O)[O-])ccc1I. The number of benzene rings is 2. The van der Waals surface area contributed by atoms with Gasteiger partial charge in [0.15, 0.2) is 0 Å². The summed E-state index contributed by atoms with van der Waals surface area (Å²) in [5, 5.41) is 11.3. The van der Waals surface area contributed by atoms with Crippen molar-refractivity contribution in [2.75, 3.05) is 24.8 Å². The number of anilines is 1. The summed E-state index contributed by atoms with van der Waals surface area (Å²) in [7, 11) is -5.10. The molecule has 196 valence electrons. The molecule has 0 saturated heterocycles. The molecule has 9 nitrogen and oxygen atoms in total. The first-order valence-corrected chi connectivity index (χ1v) is 17.6. The van der Waals surface area contributed by atoms with E-state index in [0.717, 1.165) is 11.6 Å². The number of carbonyl (C=O) groups is 1. The van der Waals surface area contributed by atoms with E-state index >= 15 is 0 Å². The number of halogens is 1. The summed E-state index contributed by atoms with van der Waals surface area (Å²) in [6, 6.07) is 11.6. The molecule has 0 aliphatic rings. The Bertz CT molecular complexity index is 1210. The summed E-state index contributed by atoms with van der Waals surface area (Å²) in [5.41, 5.74) is 1.28. The lowest BCUT2D eigenvalue weighted by Gasteiger charge is -2.25. The monoisotopic (exact) mass is 645 g/mol. The average molecular weight is 646 g/mol. The number of carbonyl (C=O) groups excluding carboxylic acids is 1. The normalized spacial score (nSPS) is 11.8. The van der Waals surface area contributed by atoms with Gasteiger partial charge in [-0.05, 0) is 60.2 Å². The molecule has 0 aliphatic heterocycles. The molecule has 0 fully saturated rings. The molecule has 1 amide bonds. The third-order valence-corrected chi connectivity index (χ3v) is 9.34. The van der Waals surface area contributed by atoms with E-state index in [1.54, 1.807) is 18.2 Å². The average Bonchev–Trinajstić information content (AvgIpc) is 2.78. The number of hydrogen-bond donors (Lipinski definition) is 1. The van der Waals surface area contributed by atoms with Crippen LogP contribution in [0.25, 0.3) is 0 Å². The largest absolute Gasteiger partial charge is 0.361 e. The van der Waals surface area contributed by atoms with Crippen molar-refractivity contribution in [3.05, 3.63) is 73.9 Å². The molecule has 2 rings (SSSR count). The van der Waals surface area contributed by atoms with Crippen molar-refractivity contribution in [2.45, 2.75) is 43.9 Å². The van der Waals surface area contributed by atoms with Gasteiger partial charge in [0, 0.05) is 42.5 Å². The van der Waals surface area contributed by atoms with Crippen molar-refractivity contribution in [2.24, 2.45) is 0 Å². The fraction of sp³-hybridized carbons (Fsp3) is 0.375. The summed E-state index contributed by atoms with van der Waals surface area (Å²) >= 11 is 2.01. The number of aryl methyl sites for hydroxylation is 1. The first-order chi connectivity index (χ1) is 16.7. The predicted octanol–water partition coefficient (Wildman–Crippen LogP) is 5.08. The van der Waals surface area contributed by atoms with Gasteiger partial charge >= 0.3 is 0 Å². The highest BCUT2D eigenvalue weighted by atomic mass is 127. The molecule has 0 aliphatic carbocycles. The van der Waals surface area contributed by atoms with Crippen LogP contribution in [0.15, 0.2) is 59.5 Å². The third-order valence-electron chi connectivity index (χ3n) is 5.25. The van der Waals surface area contributed by atoms with Crippen LogP contribution in [-0.4, -0.2) is 47.2 Å². The van der Waals surface area contributed by atoms with Crippen molar-refractivity contribution in [1.82, 2.24) is 4.72 Å². The highest BCUT2D eigenvalue weighted by Gasteiger charge is 2.24. The molecular weight excluding hydrogens is 613 g/mol. The lowest BCUT2D eigenvalue weighted by molar-refractivity contribution is -0.384. The Balaban J connectivity index is 2.15. The van der Waals surface area contributed by atoms with E-state index in [1.807, 2.05) is 29.5 Å². The van der Waals surface area contributed by atoms with Gasteiger partial charge in [-0.1, -0.05) is 43.9 Å². The summed E-state index contributed by atoms with van der Waals surface area (Å²) in [6.07, 6.45) is 0.0564. The van der Waals surface area contributed by atoms with Gasteiger partial charge in [0.2, 0.25) is 10.0 Å². The zero-order valence-electron chi connectivity index (χ0n) is 20.9. The van der Waals surface area contributed by atoms with Crippen LogP contribution < -0.4 is 9.62 Å². The Kier molecular flexibility index (Phi) is 10.8. The van der Waals surface area contributed by atoms with Crippen LogP contribution in [0.1, 0.15) is 12.0 Å². The van der Waals surface area contributed by atoms with Gasteiger partial charge < -0.3 is 4.74 Å². The molecule has 0 aromatic heterocycles. The standard InChI is InChI=1S/C24H32IN3O6SSi/c1-18-6-9-21(10-7-18)35(32,33)26-13-12-19(2)24(29)27(17-34-14-15-36(3,4)5)23-16-20(28(30)31)8-11-22(23)25/h6-11,16,26H,2,12-15,17H2,1,3-5H3. The fourth-order valence-corrected chi connectivity index (χ4v) is 5.44. The third kappa shape index (κ3) is 9.07. The number of nitrogens with zero attached hydrogens (tertiary/aromatic N) is 2. The number of rotatable bonds is 13. The van der Waals surface area contributed by atoms with Crippen LogP contribution in [0, 0.1) is 20.6 Å². The first kappa shape index (κ1) is 30.1. The van der Waals surface area contributed by atoms with Crippen LogP contribution in [0.3, 0.4) is 0 Å². The molecule has 0 unspecified atom stereocenters. The minimum atomic E-state index is -3.74. The van der Waals surface area contributed by atoms with Gasteiger partial charge in [0.1, 0.15) is 6.73 Å². The molecular formula is C24H32IN3O6SSi. The quantitative estimate of drug-likeness (QED) is 0.0618. The van der Waals surface area contributed by atoms with Crippen LogP contribution in [-0.2, 0) is 19.6 Å². The lowest BCUT2D eigenvalue weighted by Crippen LogP contribution is -2.36. The number of amides is 1.